The van der Waals surface area contributed by atoms with E-state index in [4.69, 9.17) is 4.74 Å². The predicted molar refractivity (Wildman–Crippen MR) is 132 cm³/mol. The minimum Gasteiger partial charge on any atom is -0.462 e. The average Bonchev–Trinajstić information content (AvgIpc) is 3.15. The number of esters is 1. The van der Waals surface area contributed by atoms with Crippen LogP contribution in [0.1, 0.15) is 124 Å². The highest BCUT2D eigenvalue weighted by atomic mass is 16.5. The van der Waals surface area contributed by atoms with Crippen molar-refractivity contribution < 1.29 is 14.3 Å². The van der Waals surface area contributed by atoms with Crippen LogP contribution < -0.4 is 0 Å². The number of Topliss-reactive ketones (excluding diaryl/α,β-unsaturated/α-hetero) is 1. The van der Waals surface area contributed by atoms with Crippen molar-refractivity contribution in [2.45, 2.75) is 130 Å². The molecule has 0 amide bonds. The largest absolute Gasteiger partial charge is 0.462 e. The van der Waals surface area contributed by atoms with Gasteiger partial charge in [0.2, 0.25) is 0 Å². The van der Waals surface area contributed by atoms with Crippen molar-refractivity contribution in [2.75, 3.05) is 0 Å². The number of fused-ring (bicyclic) bond motifs is 5. The van der Waals surface area contributed by atoms with Crippen LogP contribution in [0.5, 0.6) is 0 Å². The number of hydrogen-bond acceptors (Lipinski definition) is 3. The van der Waals surface area contributed by atoms with Gasteiger partial charge in [-0.1, -0.05) is 52.9 Å². The molecule has 5 saturated carbocycles. The summed E-state index contributed by atoms with van der Waals surface area (Å²) in [6.07, 6.45) is 18.6. The first-order valence-corrected chi connectivity index (χ1v) is 14.6. The van der Waals surface area contributed by atoms with Gasteiger partial charge in [0.15, 0.2) is 0 Å². The molecule has 0 heterocycles. The fraction of sp³-hybridized carbons (Fsp3) is 0.933. The molecular weight excluding hydrogens is 408 g/mol. The van der Waals surface area contributed by atoms with E-state index in [1.54, 1.807) is 0 Å². The van der Waals surface area contributed by atoms with Gasteiger partial charge in [-0.2, -0.15) is 0 Å². The Morgan fingerprint density at radius 1 is 0.879 bits per heavy atom. The zero-order valence-electron chi connectivity index (χ0n) is 21.6. The van der Waals surface area contributed by atoms with Crippen molar-refractivity contribution >= 4 is 11.8 Å². The van der Waals surface area contributed by atoms with E-state index in [0.29, 0.717) is 29.0 Å². The highest BCUT2D eigenvalue weighted by molar-refractivity contribution is 5.82. The zero-order chi connectivity index (χ0) is 23.2. The van der Waals surface area contributed by atoms with Crippen molar-refractivity contribution in [1.82, 2.24) is 0 Å². The van der Waals surface area contributed by atoms with Crippen LogP contribution in [0.15, 0.2) is 0 Å². The molecule has 5 aliphatic rings. The minimum absolute atomic E-state index is 0.115. The Labute approximate surface area is 202 Å². The summed E-state index contributed by atoms with van der Waals surface area (Å²) in [6.45, 7) is 7.28. The summed E-state index contributed by atoms with van der Waals surface area (Å²) < 4.78 is 6.33. The van der Waals surface area contributed by atoms with Crippen LogP contribution in [0.4, 0.5) is 0 Å². The van der Waals surface area contributed by atoms with Gasteiger partial charge in [0.05, 0.1) is 5.92 Å². The molecule has 0 aliphatic heterocycles. The Kier molecular flexibility index (Phi) is 6.73. The summed E-state index contributed by atoms with van der Waals surface area (Å²) >= 11 is 0. The van der Waals surface area contributed by atoms with E-state index in [0.717, 1.165) is 50.4 Å². The van der Waals surface area contributed by atoms with Crippen LogP contribution >= 0.6 is 0 Å². The molecule has 5 aliphatic carbocycles. The third-order valence-electron chi connectivity index (χ3n) is 11.7. The number of carbonyl (C=O) groups is 2. The van der Waals surface area contributed by atoms with Crippen LogP contribution in [0.3, 0.4) is 0 Å². The van der Waals surface area contributed by atoms with Gasteiger partial charge in [0.25, 0.3) is 0 Å². The lowest BCUT2D eigenvalue weighted by Gasteiger charge is -2.61. The molecule has 3 heteroatoms. The molecule has 0 bridgehead atoms. The summed E-state index contributed by atoms with van der Waals surface area (Å²) in [4.78, 5) is 25.9. The second-order valence-electron chi connectivity index (χ2n) is 13.2. The second kappa shape index (κ2) is 9.30. The number of rotatable bonds is 5. The zero-order valence-corrected chi connectivity index (χ0v) is 21.6. The number of ketones is 1. The number of carbonyl (C=O) groups excluding carboxylic acids is 2. The first-order valence-electron chi connectivity index (χ1n) is 14.6. The molecule has 0 N–H and O–H groups in total. The maximum absolute atomic E-state index is 13.0. The smallest absolute Gasteiger partial charge is 0.309 e. The predicted octanol–water partition coefficient (Wildman–Crippen LogP) is 7.51. The molecule has 0 spiro atoms. The molecule has 186 valence electrons. The van der Waals surface area contributed by atoms with Gasteiger partial charge >= 0.3 is 5.97 Å². The molecule has 8 atom stereocenters. The Morgan fingerprint density at radius 3 is 2.36 bits per heavy atom. The van der Waals surface area contributed by atoms with E-state index in [1.165, 1.54) is 64.2 Å². The number of unbranched alkanes of at least 4 members (excludes halogenated alkanes) is 1. The lowest BCUT2D eigenvalue weighted by atomic mass is 9.43. The minimum atomic E-state index is 0.115. The average molecular weight is 457 g/mol. The first-order chi connectivity index (χ1) is 15.9. The SMILES string of the molecule is CCCCC1C(=O)CC[C@@]2(C)C1CCC1C2CC[C@]2(C)C(OC(=O)C3CCCCC3)CCC12. The van der Waals surface area contributed by atoms with Crippen molar-refractivity contribution in [1.29, 1.82) is 0 Å². The van der Waals surface area contributed by atoms with Crippen molar-refractivity contribution in [3.8, 4) is 0 Å². The molecule has 6 unspecified atom stereocenters. The highest BCUT2D eigenvalue weighted by Crippen LogP contribution is 2.67. The summed E-state index contributed by atoms with van der Waals surface area (Å²) in [7, 11) is 0. The van der Waals surface area contributed by atoms with Gasteiger partial charge in [-0.05, 0) is 93.3 Å². The van der Waals surface area contributed by atoms with E-state index >= 15 is 0 Å². The van der Waals surface area contributed by atoms with Crippen LogP contribution in [-0.2, 0) is 14.3 Å². The normalized spacial score (nSPS) is 45.7. The topological polar surface area (TPSA) is 43.4 Å². The molecule has 0 aromatic rings. The molecule has 3 nitrogen and oxygen atoms in total. The van der Waals surface area contributed by atoms with Crippen molar-refractivity contribution in [3.63, 3.8) is 0 Å². The molecule has 0 aromatic heterocycles. The second-order valence-corrected chi connectivity index (χ2v) is 13.2. The Morgan fingerprint density at radius 2 is 1.61 bits per heavy atom. The van der Waals surface area contributed by atoms with E-state index in [2.05, 4.69) is 20.8 Å². The maximum Gasteiger partial charge on any atom is 0.309 e. The highest BCUT2D eigenvalue weighted by Gasteiger charge is 2.62. The van der Waals surface area contributed by atoms with E-state index in [-0.39, 0.29) is 23.4 Å². The van der Waals surface area contributed by atoms with Gasteiger partial charge in [0.1, 0.15) is 11.9 Å². The van der Waals surface area contributed by atoms with E-state index in [9.17, 15) is 9.59 Å². The molecule has 33 heavy (non-hydrogen) atoms. The van der Waals surface area contributed by atoms with Gasteiger partial charge in [-0.25, -0.2) is 0 Å². The summed E-state index contributed by atoms with van der Waals surface area (Å²) in [6, 6.07) is 0. The molecule has 0 radical (unpaired) electrons. The van der Waals surface area contributed by atoms with Gasteiger partial charge < -0.3 is 4.74 Å². The molecular formula is C30H48O3. The maximum atomic E-state index is 13.0. The first kappa shape index (κ1) is 23.9. The Hall–Kier alpha value is -0.860. The summed E-state index contributed by atoms with van der Waals surface area (Å²) in [5.74, 6) is 4.01. The lowest BCUT2D eigenvalue weighted by Crippen LogP contribution is -2.56. The van der Waals surface area contributed by atoms with Crippen molar-refractivity contribution in [2.24, 2.45) is 46.3 Å². The number of ether oxygens (including phenoxy) is 1. The fourth-order valence-corrected chi connectivity index (χ4v) is 9.83. The fourth-order valence-electron chi connectivity index (χ4n) is 9.83. The van der Waals surface area contributed by atoms with Crippen LogP contribution in [0.2, 0.25) is 0 Å². The molecule has 5 fully saturated rings. The summed E-state index contributed by atoms with van der Waals surface area (Å²) in [5.41, 5.74) is 0.508. The monoisotopic (exact) mass is 456 g/mol. The molecule has 5 rings (SSSR count). The Balaban J connectivity index is 1.30. The number of hydrogen-bond donors (Lipinski definition) is 0. The summed E-state index contributed by atoms with van der Waals surface area (Å²) in [5, 5.41) is 0. The third-order valence-corrected chi connectivity index (χ3v) is 11.7. The molecule has 0 saturated heterocycles. The van der Waals surface area contributed by atoms with E-state index in [1.807, 2.05) is 0 Å². The Bertz CT molecular complexity index is 739. The van der Waals surface area contributed by atoms with Gasteiger partial charge in [-0.3, -0.25) is 9.59 Å². The van der Waals surface area contributed by atoms with Crippen LogP contribution in [-0.4, -0.2) is 17.9 Å². The van der Waals surface area contributed by atoms with Crippen LogP contribution in [0.25, 0.3) is 0 Å². The van der Waals surface area contributed by atoms with Gasteiger partial charge in [0, 0.05) is 17.8 Å². The standard InChI is InChI=1S/C30H48O3/c1-4-5-11-22-24-13-12-21-23-14-15-27(33-28(32)20-9-7-6-8-10-20)30(23,3)18-16-25(21)29(24,2)19-17-26(22)31/h20-25,27H,4-19H2,1-3H3/t21?,22?,23?,24?,25?,27?,29-,30-/m0/s1. The third kappa shape index (κ3) is 4.02. The van der Waals surface area contributed by atoms with Gasteiger partial charge in [-0.15, -0.1) is 0 Å². The van der Waals surface area contributed by atoms with Crippen LogP contribution in [0, 0.1) is 46.3 Å². The quantitative estimate of drug-likeness (QED) is 0.402. The lowest BCUT2D eigenvalue weighted by molar-refractivity contribution is -0.171. The van der Waals surface area contributed by atoms with E-state index < -0.39 is 0 Å². The van der Waals surface area contributed by atoms with Crippen molar-refractivity contribution in [3.05, 3.63) is 0 Å². The molecule has 0 aromatic carbocycles.